The second kappa shape index (κ2) is 10.1. The fraction of sp³-hybridized carbons (Fsp3) is 0. The average Bonchev–Trinajstić information content (AvgIpc) is 2.03. The standard InChI is InChI=1S/C7H7NOS.CH3NOS.Na/c8-7(10)9-6-4-2-1-3-5-6;2-1(3)4;/h1-5H,(H2,8,10);(H3,2,3,4);/q;;+1/p-1. The van der Waals surface area contributed by atoms with Gasteiger partial charge in [-0.3, -0.25) is 0 Å². The van der Waals surface area contributed by atoms with Crippen LogP contribution in [0.25, 0.3) is 0 Å². The van der Waals surface area contributed by atoms with E-state index in [1.54, 1.807) is 12.1 Å². The second-order valence-corrected chi connectivity index (χ2v) is 2.86. The Labute approximate surface area is 121 Å². The maximum absolute atomic E-state index is 9.04. The van der Waals surface area contributed by atoms with Crippen molar-refractivity contribution in [2.24, 2.45) is 11.5 Å². The third-order valence-electron chi connectivity index (χ3n) is 0.962. The van der Waals surface area contributed by atoms with Crippen molar-refractivity contribution in [1.29, 1.82) is 0 Å². The number of hydrogen-bond acceptors (Lipinski definition) is 4. The number of para-hydroxylation sites is 1. The van der Waals surface area contributed by atoms with Crippen molar-refractivity contribution in [1.82, 2.24) is 0 Å². The van der Waals surface area contributed by atoms with Crippen molar-refractivity contribution in [2.45, 2.75) is 0 Å². The number of ether oxygens (including phenoxy) is 1. The van der Waals surface area contributed by atoms with Crippen molar-refractivity contribution in [2.75, 3.05) is 0 Å². The first-order valence-corrected chi connectivity index (χ1v) is 4.33. The zero-order chi connectivity index (χ0) is 11.0. The summed E-state index contributed by atoms with van der Waals surface area (Å²) >= 11 is 8.29. The van der Waals surface area contributed by atoms with E-state index < -0.39 is 5.17 Å². The zero-order valence-corrected chi connectivity index (χ0v) is 11.8. The molecule has 0 aliphatic carbocycles. The molecule has 0 amide bonds. The number of thiocarbonyl (C=S) groups is 2. The van der Waals surface area contributed by atoms with Crippen molar-refractivity contribution in [3.8, 4) is 5.75 Å². The molecule has 0 fully saturated rings. The molecule has 1 aromatic rings. The van der Waals surface area contributed by atoms with E-state index in [2.05, 4.69) is 30.2 Å². The second-order valence-electron chi connectivity index (χ2n) is 2.05. The number of hydrogen-bond donors (Lipinski definition) is 2. The molecule has 1 rings (SSSR count). The molecule has 76 valence electrons. The Balaban J connectivity index is 0. The van der Waals surface area contributed by atoms with E-state index in [0.29, 0.717) is 5.75 Å². The largest absolute Gasteiger partial charge is 1.00 e. The summed E-state index contributed by atoms with van der Waals surface area (Å²) in [7, 11) is 0. The van der Waals surface area contributed by atoms with Gasteiger partial charge in [0.2, 0.25) is 0 Å². The number of benzene rings is 1. The molecule has 0 radical (unpaired) electrons. The molecule has 0 atom stereocenters. The molecule has 0 bridgehead atoms. The van der Waals surface area contributed by atoms with E-state index in [9.17, 15) is 0 Å². The Kier molecular flexibility index (Phi) is 11.5. The van der Waals surface area contributed by atoms with Gasteiger partial charge in [0.15, 0.2) is 0 Å². The van der Waals surface area contributed by atoms with Gasteiger partial charge in [0.1, 0.15) is 5.75 Å². The Bertz CT molecular complexity index is 305. The molecule has 7 heteroatoms. The van der Waals surface area contributed by atoms with Gasteiger partial charge in [-0.25, -0.2) is 0 Å². The molecule has 0 aromatic heterocycles. The monoisotopic (exact) mass is 252 g/mol. The normalized spacial score (nSPS) is 7.47. The van der Waals surface area contributed by atoms with Gasteiger partial charge in [0.25, 0.3) is 5.17 Å². The summed E-state index contributed by atoms with van der Waals surface area (Å²) in [5.41, 5.74) is 9.42. The van der Waals surface area contributed by atoms with Gasteiger partial charge < -0.3 is 21.3 Å². The van der Waals surface area contributed by atoms with Crippen LogP contribution in [0.1, 0.15) is 0 Å². The first-order chi connectivity index (χ1) is 6.52. The molecule has 0 aliphatic heterocycles. The predicted molar refractivity (Wildman–Crippen MR) is 60.6 cm³/mol. The number of rotatable bonds is 1. The molecule has 4 N–H and O–H groups in total. The van der Waals surface area contributed by atoms with Gasteiger partial charge in [-0.05, 0) is 24.4 Å². The molecule has 0 saturated carbocycles. The van der Waals surface area contributed by atoms with Crippen molar-refractivity contribution in [3.63, 3.8) is 0 Å². The predicted octanol–water partition coefficient (Wildman–Crippen LogP) is -3.10. The van der Waals surface area contributed by atoms with Crippen LogP contribution in [-0.2, 0) is 0 Å². The van der Waals surface area contributed by atoms with Crippen LogP contribution in [0.3, 0.4) is 0 Å². The fourth-order valence-corrected chi connectivity index (χ4v) is 0.701. The third kappa shape index (κ3) is 13.6. The molecule has 0 saturated heterocycles. The average molecular weight is 252 g/mol. The summed E-state index contributed by atoms with van der Waals surface area (Å²) < 4.78 is 4.92. The van der Waals surface area contributed by atoms with E-state index in [0.717, 1.165) is 0 Å². The van der Waals surface area contributed by atoms with E-state index in [-0.39, 0.29) is 34.7 Å². The van der Waals surface area contributed by atoms with Crippen molar-refractivity contribution < 1.29 is 39.4 Å². The van der Waals surface area contributed by atoms with E-state index in [1.165, 1.54) is 0 Å². The molecule has 0 heterocycles. The molecular formula is C8H9N2NaO2S2. The quantitative estimate of drug-likeness (QED) is 0.407. The van der Waals surface area contributed by atoms with Crippen LogP contribution in [0.2, 0.25) is 0 Å². The van der Waals surface area contributed by atoms with Crippen LogP contribution in [0.15, 0.2) is 30.3 Å². The van der Waals surface area contributed by atoms with Gasteiger partial charge in [-0.1, -0.05) is 30.4 Å². The van der Waals surface area contributed by atoms with Crippen LogP contribution in [0.4, 0.5) is 0 Å². The summed E-state index contributed by atoms with van der Waals surface area (Å²) in [6, 6.07) is 9.19. The SMILES string of the molecule is NC(=S)Oc1ccccc1.NC([O-])=S.[Na+]. The Morgan fingerprint density at radius 3 is 1.87 bits per heavy atom. The van der Waals surface area contributed by atoms with E-state index in [4.69, 9.17) is 15.6 Å². The smallest absolute Gasteiger partial charge is 0.852 e. The molecule has 0 spiro atoms. The molecular weight excluding hydrogens is 243 g/mol. The van der Waals surface area contributed by atoms with E-state index >= 15 is 0 Å². The Hall–Kier alpha value is -0.400. The topological polar surface area (TPSA) is 84.3 Å². The van der Waals surface area contributed by atoms with E-state index in [1.807, 2.05) is 18.2 Å². The molecule has 4 nitrogen and oxygen atoms in total. The van der Waals surface area contributed by atoms with Gasteiger partial charge in [0, 0.05) is 5.17 Å². The zero-order valence-electron chi connectivity index (χ0n) is 8.17. The minimum atomic E-state index is -0.750. The fourth-order valence-electron chi connectivity index (χ4n) is 0.605. The first-order valence-electron chi connectivity index (χ1n) is 3.51. The molecule has 1 aromatic carbocycles. The van der Waals surface area contributed by atoms with Crippen LogP contribution in [0.5, 0.6) is 5.75 Å². The van der Waals surface area contributed by atoms with Crippen LogP contribution >= 0.6 is 24.4 Å². The minimum Gasteiger partial charge on any atom is -0.852 e. The first kappa shape index (κ1) is 17.0. The minimum absolute atomic E-state index is 0. The third-order valence-corrected chi connectivity index (χ3v) is 1.04. The van der Waals surface area contributed by atoms with Crippen molar-refractivity contribution >= 4 is 34.8 Å². The maximum Gasteiger partial charge on any atom is 1.00 e. The van der Waals surface area contributed by atoms with Gasteiger partial charge >= 0.3 is 29.6 Å². The van der Waals surface area contributed by atoms with Gasteiger partial charge in [-0.2, -0.15) is 0 Å². The van der Waals surface area contributed by atoms with Gasteiger partial charge in [0.05, 0.1) is 0 Å². The molecule has 15 heavy (non-hydrogen) atoms. The summed E-state index contributed by atoms with van der Waals surface area (Å²) in [4.78, 5) is 0. The molecule has 0 unspecified atom stereocenters. The maximum atomic E-state index is 9.04. The van der Waals surface area contributed by atoms with Crippen LogP contribution in [-0.4, -0.2) is 10.3 Å². The molecule has 0 aliphatic rings. The summed E-state index contributed by atoms with van der Waals surface area (Å²) in [6.45, 7) is 0. The summed E-state index contributed by atoms with van der Waals surface area (Å²) in [5, 5.41) is 8.33. The Morgan fingerprint density at radius 2 is 1.53 bits per heavy atom. The van der Waals surface area contributed by atoms with Crippen LogP contribution in [0, 0.1) is 0 Å². The summed E-state index contributed by atoms with van der Waals surface area (Å²) in [5.74, 6) is 0.676. The number of nitrogens with two attached hydrogens (primary N) is 2. The van der Waals surface area contributed by atoms with Gasteiger partial charge in [-0.15, -0.1) is 0 Å². The van der Waals surface area contributed by atoms with Crippen molar-refractivity contribution in [3.05, 3.63) is 30.3 Å². The Morgan fingerprint density at radius 1 is 1.13 bits per heavy atom. The summed E-state index contributed by atoms with van der Waals surface area (Å²) in [6.07, 6.45) is 0. The van der Waals surface area contributed by atoms with Crippen LogP contribution < -0.4 is 50.9 Å².